The summed E-state index contributed by atoms with van der Waals surface area (Å²) in [7, 11) is 0. The van der Waals surface area contributed by atoms with Gasteiger partial charge in [-0.15, -0.1) is 0 Å². The van der Waals surface area contributed by atoms with Crippen LogP contribution in [0.4, 0.5) is 4.79 Å². The first-order valence-electron chi connectivity index (χ1n) is 15.1. The van der Waals surface area contributed by atoms with Crippen molar-refractivity contribution in [2.75, 3.05) is 6.54 Å². The number of carbonyl (C=O) groups is 4. The standard InChI is InChI=1S/C33H41Cl2N3O5/c1-33(2,23-11-8-12-24(34)19-23)29(26-13-6-7-14-27(26)35)43-32(42)38-28(17-21-9-4-3-5-10-21)31(41)37-25(20-39)18-22-15-16-36-30(22)40/h6-8,11-14,19-22,25,28-29H,3-5,9-10,15-18H2,1-2H3,(H,36,40)(H,37,41)(H,38,42)/t22-,25?,28?,29?/m0/s1. The Morgan fingerprint density at radius 3 is 2.42 bits per heavy atom. The number of hydrogen-bond acceptors (Lipinski definition) is 5. The molecule has 0 aromatic heterocycles. The first kappa shape index (κ1) is 32.8. The SMILES string of the molecule is CC(C)(c1cccc(Cl)c1)C(OC(=O)NC(CC1CCCCC1)C(=O)NC(C=O)C[C@@H]1CCNC1=O)c1ccccc1Cl. The monoisotopic (exact) mass is 629 g/mol. The van der Waals surface area contributed by atoms with Crippen LogP contribution in [0.5, 0.6) is 0 Å². The predicted octanol–water partition coefficient (Wildman–Crippen LogP) is 6.29. The van der Waals surface area contributed by atoms with E-state index in [1.165, 1.54) is 0 Å². The lowest BCUT2D eigenvalue weighted by molar-refractivity contribution is -0.127. The van der Waals surface area contributed by atoms with Gasteiger partial charge in [-0.05, 0) is 48.9 Å². The molecule has 2 fully saturated rings. The molecule has 0 radical (unpaired) electrons. The van der Waals surface area contributed by atoms with Crippen LogP contribution in [0.25, 0.3) is 0 Å². The molecule has 1 aliphatic carbocycles. The summed E-state index contributed by atoms with van der Waals surface area (Å²) in [6.07, 6.45) is 5.52. The van der Waals surface area contributed by atoms with Gasteiger partial charge in [-0.2, -0.15) is 0 Å². The number of benzene rings is 2. The summed E-state index contributed by atoms with van der Waals surface area (Å²) in [6.45, 7) is 4.44. The maximum Gasteiger partial charge on any atom is 0.408 e. The molecular formula is C33H41Cl2N3O5. The smallest absolute Gasteiger partial charge is 0.408 e. The quantitative estimate of drug-likeness (QED) is 0.239. The molecule has 2 aliphatic rings. The molecule has 2 aromatic carbocycles. The van der Waals surface area contributed by atoms with Crippen LogP contribution in [0.3, 0.4) is 0 Å². The molecular weight excluding hydrogens is 589 g/mol. The molecule has 10 heteroatoms. The summed E-state index contributed by atoms with van der Waals surface area (Å²) in [5.41, 5.74) is 0.714. The highest BCUT2D eigenvalue weighted by molar-refractivity contribution is 6.31. The van der Waals surface area contributed by atoms with Crippen molar-refractivity contribution in [1.82, 2.24) is 16.0 Å². The van der Waals surface area contributed by atoms with E-state index < -0.39 is 35.6 Å². The van der Waals surface area contributed by atoms with E-state index in [-0.39, 0.29) is 24.2 Å². The average Bonchev–Trinajstić information content (AvgIpc) is 3.39. The van der Waals surface area contributed by atoms with Crippen molar-refractivity contribution in [3.63, 3.8) is 0 Å². The van der Waals surface area contributed by atoms with Crippen LogP contribution >= 0.6 is 23.2 Å². The number of alkyl carbamates (subject to hydrolysis) is 1. The fourth-order valence-electron chi connectivity index (χ4n) is 6.21. The van der Waals surface area contributed by atoms with Crippen molar-refractivity contribution in [3.8, 4) is 0 Å². The Bertz CT molecular complexity index is 1300. The van der Waals surface area contributed by atoms with Crippen molar-refractivity contribution in [3.05, 3.63) is 69.7 Å². The third-order valence-electron chi connectivity index (χ3n) is 8.73. The molecule has 8 nitrogen and oxygen atoms in total. The van der Waals surface area contributed by atoms with E-state index in [4.69, 9.17) is 27.9 Å². The Labute approximate surface area is 263 Å². The lowest BCUT2D eigenvalue weighted by Gasteiger charge is -2.36. The first-order chi connectivity index (χ1) is 20.6. The summed E-state index contributed by atoms with van der Waals surface area (Å²) in [5.74, 6) is -0.673. The van der Waals surface area contributed by atoms with Gasteiger partial charge in [0, 0.05) is 33.5 Å². The van der Waals surface area contributed by atoms with E-state index in [1.807, 2.05) is 44.2 Å². The Morgan fingerprint density at radius 2 is 1.77 bits per heavy atom. The topological polar surface area (TPSA) is 114 Å². The van der Waals surface area contributed by atoms with Gasteiger partial charge in [0.25, 0.3) is 0 Å². The number of carbonyl (C=O) groups excluding carboxylic acids is 4. The molecule has 4 atom stereocenters. The Kier molecular flexibility index (Phi) is 11.5. The van der Waals surface area contributed by atoms with E-state index >= 15 is 0 Å². The molecule has 1 heterocycles. The molecule has 0 bridgehead atoms. The molecule has 4 rings (SSSR count). The number of hydrogen-bond donors (Lipinski definition) is 3. The van der Waals surface area contributed by atoms with Gasteiger partial charge in [-0.1, -0.05) is 99.5 Å². The third kappa shape index (κ3) is 8.73. The number of rotatable bonds is 12. The molecule has 1 saturated heterocycles. The predicted molar refractivity (Wildman–Crippen MR) is 167 cm³/mol. The van der Waals surface area contributed by atoms with Gasteiger partial charge in [0.05, 0.1) is 6.04 Å². The summed E-state index contributed by atoms with van der Waals surface area (Å²) >= 11 is 12.9. The zero-order chi connectivity index (χ0) is 31.0. The highest BCUT2D eigenvalue weighted by Gasteiger charge is 2.38. The number of halogens is 2. The van der Waals surface area contributed by atoms with E-state index in [0.717, 1.165) is 37.7 Å². The molecule has 3 unspecified atom stereocenters. The van der Waals surface area contributed by atoms with Crippen LogP contribution < -0.4 is 16.0 Å². The largest absolute Gasteiger partial charge is 0.440 e. The van der Waals surface area contributed by atoms with E-state index in [0.29, 0.717) is 41.3 Å². The van der Waals surface area contributed by atoms with Crippen molar-refractivity contribution in [2.24, 2.45) is 11.8 Å². The van der Waals surface area contributed by atoms with Gasteiger partial charge in [0.2, 0.25) is 11.8 Å². The number of ether oxygens (including phenoxy) is 1. The second kappa shape index (κ2) is 15.1. The highest BCUT2D eigenvalue weighted by atomic mass is 35.5. The molecule has 3 N–H and O–H groups in total. The lowest BCUT2D eigenvalue weighted by atomic mass is 9.76. The first-order valence-corrected chi connectivity index (χ1v) is 15.8. The molecule has 0 spiro atoms. The van der Waals surface area contributed by atoms with Crippen LogP contribution in [-0.4, -0.2) is 42.8 Å². The summed E-state index contributed by atoms with van der Waals surface area (Å²) < 4.78 is 6.12. The average molecular weight is 631 g/mol. The normalized spacial score (nSPS) is 19.5. The zero-order valence-electron chi connectivity index (χ0n) is 24.7. The fraction of sp³-hybridized carbons (Fsp3) is 0.515. The highest BCUT2D eigenvalue weighted by Crippen LogP contribution is 2.42. The van der Waals surface area contributed by atoms with Crippen LogP contribution in [0, 0.1) is 11.8 Å². The van der Waals surface area contributed by atoms with E-state index in [9.17, 15) is 19.2 Å². The number of amides is 3. The summed E-state index contributed by atoms with van der Waals surface area (Å²) in [5, 5.41) is 9.34. The maximum absolute atomic E-state index is 13.6. The summed E-state index contributed by atoms with van der Waals surface area (Å²) in [6, 6.07) is 12.8. The van der Waals surface area contributed by atoms with Crippen molar-refractivity contribution in [1.29, 1.82) is 0 Å². The Hall–Kier alpha value is -3.10. The molecule has 43 heavy (non-hydrogen) atoms. The van der Waals surface area contributed by atoms with E-state index in [1.54, 1.807) is 18.2 Å². The minimum absolute atomic E-state index is 0.116. The lowest BCUT2D eigenvalue weighted by Crippen LogP contribution is -2.52. The number of aldehydes is 1. The molecule has 1 saturated carbocycles. The second-order valence-corrected chi connectivity index (χ2v) is 13.1. The van der Waals surface area contributed by atoms with Crippen molar-refractivity contribution < 1.29 is 23.9 Å². The molecule has 2 aromatic rings. The van der Waals surface area contributed by atoms with Crippen LogP contribution in [-0.2, 0) is 24.5 Å². The van der Waals surface area contributed by atoms with Gasteiger partial charge < -0.3 is 25.5 Å². The molecule has 232 valence electrons. The minimum Gasteiger partial charge on any atom is -0.440 e. The van der Waals surface area contributed by atoms with Gasteiger partial charge >= 0.3 is 6.09 Å². The third-order valence-corrected chi connectivity index (χ3v) is 9.31. The fourth-order valence-corrected chi connectivity index (χ4v) is 6.63. The van der Waals surface area contributed by atoms with Crippen molar-refractivity contribution >= 4 is 47.4 Å². The van der Waals surface area contributed by atoms with E-state index in [2.05, 4.69) is 16.0 Å². The van der Waals surface area contributed by atoms with Gasteiger partial charge in [-0.25, -0.2) is 4.79 Å². The minimum atomic E-state index is -0.920. The molecule has 1 aliphatic heterocycles. The van der Waals surface area contributed by atoms with Gasteiger partial charge in [0.1, 0.15) is 18.4 Å². The van der Waals surface area contributed by atoms with Gasteiger partial charge in [-0.3, -0.25) is 9.59 Å². The van der Waals surface area contributed by atoms with Gasteiger partial charge in [0.15, 0.2) is 0 Å². The maximum atomic E-state index is 13.6. The van der Waals surface area contributed by atoms with Crippen LogP contribution in [0.15, 0.2) is 48.5 Å². The summed E-state index contributed by atoms with van der Waals surface area (Å²) in [4.78, 5) is 51.1. The zero-order valence-corrected chi connectivity index (χ0v) is 26.3. The Morgan fingerprint density at radius 1 is 1.02 bits per heavy atom. The Balaban J connectivity index is 1.55. The van der Waals surface area contributed by atoms with Crippen LogP contribution in [0.1, 0.15) is 82.4 Å². The van der Waals surface area contributed by atoms with Crippen molar-refractivity contribution in [2.45, 2.75) is 88.8 Å². The molecule has 3 amide bonds. The van der Waals surface area contributed by atoms with Crippen LogP contribution in [0.2, 0.25) is 10.0 Å². The second-order valence-electron chi connectivity index (χ2n) is 12.2. The number of nitrogens with one attached hydrogen (secondary N) is 3.